The van der Waals surface area contributed by atoms with Gasteiger partial charge in [-0.25, -0.2) is 4.79 Å². The highest BCUT2D eigenvalue weighted by Crippen LogP contribution is 2.33. The largest absolute Gasteiger partial charge is 0.485 e. The molecule has 8 nitrogen and oxygen atoms in total. The Bertz CT molecular complexity index is 729. The maximum Gasteiger partial charge on any atom is 0.344 e. The summed E-state index contributed by atoms with van der Waals surface area (Å²) in [6, 6.07) is 6.41. The number of urea groups is 1. The Labute approximate surface area is 144 Å². The maximum atomic E-state index is 12.7. The van der Waals surface area contributed by atoms with Crippen molar-refractivity contribution in [2.45, 2.75) is 43.7 Å². The summed E-state index contributed by atoms with van der Waals surface area (Å²) in [5, 5.41) is 3.52. The van der Waals surface area contributed by atoms with Gasteiger partial charge in [0.1, 0.15) is 12.1 Å². The van der Waals surface area contributed by atoms with Crippen molar-refractivity contribution in [3.8, 4) is 11.5 Å². The van der Waals surface area contributed by atoms with Crippen LogP contribution in [0.1, 0.15) is 32.1 Å². The fourth-order valence-corrected chi connectivity index (χ4v) is 3.55. The fraction of sp³-hybridized carbons (Fsp3) is 0.471. The first-order chi connectivity index (χ1) is 12.1. The lowest BCUT2D eigenvalue weighted by Gasteiger charge is -2.30. The van der Waals surface area contributed by atoms with Crippen LogP contribution in [0.2, 0.25) is 0 Å². The summed E-state index contributed by atoms with van der Waals surface area (Å²) in [5.74, 6) is 0.0195. The average Bonchev–Trinajstić information content (AvgIpc) is 2.86. The number of nitrogens with one attached hydrogen (secondary N) is 2. The van der Waals surface area contributed by atoms with E-state index in [1.165, 1.54) is 0 Å². The number of carbonyl (C=O) groups excluding carboxylic acids is 3. The number of nitrogens with zero attached hydrogens (tertiary/aromatic N) is 1. The third kappa shape index (κ3) is 2.67. The highest BCUT2D eigenvalue weighted by Gasteiger charge is 2.52. The van der Waals surface area contributed by atoms with E-state index in [-0.39, 0.29) is 6.61 Å². The third-order valence-corrected chi connectivity index (χ3v) is 4.89. The number of carbonyl (C=O) groups is 3. The van der Waals surface area contributed by atoms with E-state index in [2.05, 4.69) is 10.7 Å². The monoisotopic (exact) mass is 345 g/mol. The van der Waals surface area contributed by atoms with Crippen molar-refractivity contribution in [1.82, 2.24) is 15.8 Å². The van der Waals surface area contributed by atoms with Crippen LogP contribution in [0.3, 0.4) is 0 Å². The molecule has 0 aromatic heterocycles. The van der Waals surface area contributed by atoms with Crippen molar-refractivity contribution in [2.24, 2.45) is 0 Å². The van der Waals surface area contributed by atoms with Crippen molar-refractivity contribution in [2.75, 3.05) is 6.61 Å². The van der Waals surface area contributed by atoms with Crippen molar-refractivity contribution < 1.29 is 23.9 Å². The molecule has 1 saturated heterocycles. The molecule has 1 aliphatic carbocycles. The molecule has 4 amide bonds. The summed E-state index contributed by atoms with van der Waals surface area (Å²) >= 11 is 0. The second-order valence-electron chi connectivity index (χ2n) is 6.55. The van der Waals surface area contributed by atoms with E-state index >= 15 is 0 Å². The number of hydrogen-bond donors (Lipinski definition) is 2. The highest BCUT2D eigenvalue weighted by atomic mass is 16.6. The number of benzene rings is 1. The normalized spacial score (nSPS) is 24.2. The van der Waals surface area contributed by atoms with Crippen LogP contribution in [0.25, 0.3) is 0 Å². The minimum Gasteiger partial charge on any atom is -0.485 e. The van der Waals surface area contributed by atoms with Gasteiger partial charge in [0.25, 0.3) is 11.8 Å². The maximum absolute atomic E-state index is 12.7. The molecular formula is C17H19N3O5. The Morgan fingerprint density at radius 1 is 1.16 bits per heavy atom. The molecule has 1 unspecified atom stereocenters. The Balaban J connectivity index is 1.44. The van der Waals surface area contributed by atoms with E-state index in [4.69, 9.17) is 9.47 Å². The minimum absolute atomic E-state index is 0.0115. The first-order valence-corrected chi connectivity index (χ1v) is 8.45. The number of fused-ring (bicyclic) bond motifs is 1. The van der Waals surface area contributed by atoms with Gasteiger partial charge < -0.3 is 14.8 Å². The van der Waals surface area contributed by atoms with Crippen molar-refractivity contribution in [1.29, 1.82) is 0 Å². The lowest BCUT2D eigenvalue weighted by molar-refractivity contribution is -0.143. The van der Waals surface area contributed by atoms with Gasteiger partial charge in [-0.3, -0.25) is 15.0 Å². The van der Waals surface area contributed by atoms with Crippen LogP contribution in [-0.4, -0.2) is 41.1 Å². The first-order valence-electron chi connectivity index (χ1n) is 8.45. The molecule has 2 N–H and O–H groups in total. The van der Waals surface area contributed by atoms with Gasteiger partial charge in [-0.2, -0.15) is 5.01 Å². The molecule has 1 spiro atoms. The van der Waals surface area contributed by atoms with E-state index in [9.17, 15) is 14.4 Å². The molecule has 1 atom stereocenters. The quantitative estimate of drug-likeness (QED) is 0.783. The molecule has 8 heteroatoms. The molecule has 1 aromatic rings. The number of imide groups is 1. The van der Waals surface area contributed by atoms with Crippen molar-refractivity contribution in [3.63, 3.8) is 0 Å². The first kappa shape index (κ1) is 15.7. The lowest BCUT2D eigenvalue weighted by atomic mass is 9.82. The number of amides is 4. The third-order valence-electron chi connectivity index (χ3n) is 4.89. The molecule has 0 bridgehead atoms. The van der Waals surface area contributed by atoms with E-state index in [1.807, 2.05) is 0 Å². The van der Waals surface area contributed by atoms with E-state index < -0.39 is 29.5 Å². The zero-order valence-electron chi connectivity index (χ0n) is 13.6. The van der Waals surface area contributed by atoms with Gasteiger partial charge in [0.2, 0.25) is 6.10 Å². The summed E-state index contributed by atoms with van der Waals surface area (Å²) in [7, 11) is 0. The minimum atomic E-state index is -0.932. The Morgan fingerprint density at radius 2 is 1.88 bits per heavy atom. The molecule has 0 radical (unpaired) electrons. The SMILES string of the molecule is O=C(NN1C(=O)NC2(CCCCC2)C1=O)C1COc2ccccc2O1. The van der Waals surface area contributed by atoms with Crippen LogP contribution < -0.4 is 20.2 Å². The summed E-state index contributed by atoms with van der Waals surface area (Å²) < 4.78 is 11.1. The topological polar surface area (TPSA) is 97.0 Å². The summed E-state index contributed by atoms with van der Waals surface area (Å²) in [6.07, 6.45) is 3.07. The summed E-state index contributed by atoms with van der Waals surface area (Å²) in [5.41, 5.74) is 1.50. The molecule has 2 fully saturated rings. The highest BCUT2D eigenvalue weighted by molar-refractivity contribution is 6.08. The predicted octanol–water partition coefficient (Wildman–Crippen LogP) is 1.11. The van der Waals surface area contributed by atoms with Crippen molar-refractivity contribution >= 4 is 17.8 Å². The van der Waals surface area contributed by atoms with Gasteiger partial charge in [0.15, 0.2) is 11.5 Å². The van der Waals surface area contributed by atoms with Crippen LogP contribution in [-0.2, 0) is 9.59 Å². The Morgan fingerprint density at radius 3 is 2.64 bits per heavy atom. The average molecular weight is 345 g/mol. The molecule has 132 valence electrons. The van der Waals surface area contributed by atoms with E-state index in [0.717, 1.165) is 24.3 Å². The molecule has 3 aliphatic rings. The van der Waals surface area contributed by atoms with E-state index in [1.54, 1.807) is 24.3 Å². The fourth-order valence-electron chi connectivity index (χ4n) is 3.55. The molecule has 1 aromatic carbocycles. The smallest absolute Gasteiger partial charge is 0.344 e. The number of para-hydroxylation sites is 2. The number of rotatable bonds is 2. The van der Waals surface area contributed by atoms with Crippen LogP contribution in [0.4, 0.5) is 4.79 Å². The second kappa shape index (κ2) is 5.94. The Kier molecular flexibility index (Phi) is 3.74. The lowest BCUT2D eigenvalue weighted by Crippen LogP contribution is -2.54. The molecule has 25 heavy (non-hydrogen) atoms. The van der Waals surface area contributed by atoms with Crippen molar-refractivity contribution in [3.05, 3.63) is 24.3 Å². The van der Waals surface area contributed by atoms with Crippen LogP contribution in [0.15, 0.2) is 24.3 Å². The van der Waals surface area contributed by atoms with Gasteiger partial charge >= 0.3 is 6.03 Å². The van der Waals surface area contributed by atoms with Crippen LogP contribution in [0.5, 0.6) is 11.5 Å². The van der Waals surface area contributed by atoms with Crippen LogP contribution in [0, 0.1) is 0 Å². The number of hydrogen-bond acceptors (Lipinski definition) is 5. The van der Waals surface area contributed by atoms with Gasteiger partial charge in [0.05, 0.1) is 0 Å². The molecule has 4 rings (SSSR count). The molecular weight excluding hydrogens is 326 g/mol. The van der Waals surface area contributed by atoms with Gasteiger partial charge in [-0.1, -0.05) is 31.4 Å². The molecule has 1 saturated carbocycles. The second-order valence-corrected chi connectivity index (χ2v) is 6.55. The van der Waals surface area contributed by atoms with E-state index in [0.29, 0.717) is 24.3 Å². The summed E-state index contributed by atoms with van der Waals surface area (Å²) in [6.45, 7) is 0.0115. The predicted molar refractivity (Wildman–Crippen MR) is 85.7 cm³/mol. The van der Waals surface area contributed by atoms with Gasteiger partial charge in [-0.15, -0.1) is 0 Å². The Hall–Kier alpha value is -2.77. The molecule has 2 heterocycles. The van der Waals surface area contributed by atoms with Gasteiger partial charge in [-0.05, 0) is 25.0 Å². The zero-order valence-corrected chi connectivity index (χ0v) is 13.6. The number of ether oxygens (including phenoxy) is 2. The van der Waals surface area contributed by atoms with Gasteiger partial charge in [0, 0.05) is 0 Å². The van der Waals surface area contributed by atoms with Crippen LogP contribution >= 0.6 is 0 Å². The standard InChI is InChI=1S/C17H19N3O5/c21-14(13-10-24-11-6-2-3-7-12(11)25-13)19-20-15(22)17(18-16(20)23)8-4-1-5-9-17/h2-3,6-7,13H,1,4-5,8-10H2,(H,18,23)(H,19,21). The zero-order chi connectivity index (χ0) is 17.4. The summed E-state index contributed by atoms with van der Waals surface area (Å²) in [4.78, 5) is 37.3. The molecule has 2 aliphatic heterocycles. The number of hydrazine groups is 1.